The number of hydrogen-bond donors (Lipinski definition) is 2. The van der Waals surface area contributed by atoms with Crippen LogP contribution in [0.5, 0.6) is 0 Å². The van der Waals surface area contributed by atoms with Crippen LogP contribution in [0.4, 0.5) is 11.4 Å². The van der Waals surface area contributed by atoms with Gasteiger partial charge < -0.3 is 30.0 Å². The van der Waals surface area contributed by atoms with Gasteiger partial charge in [-0.1, -0.05) is 13.8 Å². The van der Waals surface area contributed by atoms with E-state index in [0.717, 1.165) is 25.2 Å². The minimum Gasteiger partial charge on any atom is -0.399 e. The predicted molar refractivity (Wildman–Crippen MR) is 99.7 cm³/mol. The van der Waals surface area contributed by atoms with Crippen LogP contribution in [-0.2, 0) is 19.6 Å². The van der Waals surface area contributed by atoms with E-state index in [1.54, 1.807) is 0 Å². The zero-order valence-electron chi connectivity index (χ0n) is 15.9. The summed E-state index contributed by atoms with van der Waals surface area (Å²) in [5.74, 6) is -1.67. The minimum absolute atomic E-state index is 0.0113. The number of nitrogens with two attached hydrogens (primary N) is 1. The number of fused-ring (bicyclic) bond motifs is 1. The molecule has 1 aromatic carbocycles. The highest BCUT2D eigenvalue weighted by Crippen LogP contribution is 2.40. The molecule has 0 atom stereocenters. The highest BCUT2D eigenvalue weighted by Gasteiger charge is 2.32. The molecule has 0 saturated carbocycles. The fourth-order valence-electron chi connectivity index (χ4n) is 3.23. The number of aliphatic hydroxyl groups is 1. The molecule has 142 valence electrons. The fraction of sp³-hybridized carbons (Fsp3) is 0.684. The first-order valence-corrected chi connectivity index (χ1v) is 9.04. The van der Waals surface area contributed by atoms with E-state index in [4.69, 9.17) is 19.9 Å². The molecule has 6 heteroatoms. The van der Waals surface area contributed by atoms with Gasteiger partial charge in [0.15, 0.2) is 0 Å². The average Bonchev–Trinajstić information content (AvgIpc) is 2.54. The molecule has 0 aliphatic carbocycles. The van der Waals surface area contributed by atoms with Gasteiger partial charge in [0.05, 0.1) is 6.61 Å². The summed E-state index contributed by atoms with van der Waals surface area (Å²) >= 11 is 0. The molecule has 1 heterocycles. The zero-order valence-corrected chi connectivity index (χ0v) is 15.9. The third-order valence-electron chi connectivity index (χ3n) is 4.63. The molecule has 0 bridgehead atoms. The van der Waals surface area contributed by atoms with Crippen LogP contribution in [0.3, 0.4) is 0 Å². The lowest BCUT2D eigenvalue weighted by Gasteiger charge is -2.40. The van der Waals surface area contributed by atoms with Crippen LogP contribution in [0.15, 0.2) is 18.2 Å². The van der Waals surface area contributed by atoms with Crippen LogP contribution in [0.25, 0.3) is 0 Å². The van der Waals surface area contributed by atoms with E-state index in [1.807, 2.05) is 19.9 Å². The Hall–Kier alpha value is -1.34. The van der Waals surface area contributed by atoms with Crippen molar-refractivity contribution in [1.82, 2.24) is 0 Å². The first-order chi connectivity index (χ1) is 11.8. The van der Waals surface area contributed by atoms with Crippen molar-refractivity contribution in [2.45, 2.75) is 45.5 Å². The second-order valence-electron chi connectivity index (χ2n) is 7.03. The van der Waals surface area contributed by atoms with E-state index < -0.39 is 5.97 Å². The third-order valence-corrected chi connectivity index (χ3v) is 4.63. The van der Waals surface area contributed by atoms with Gasteiger partial charge in [0, 0.05) is 37.7 Å². The van der Waals surface area contributed by atoms with Crippen molar-refractivity contribution in [2.75, 3.05) is 50.2 Å². The number of nitrogen functional groups attached to an aromatic ring is 1. The molecule has 0 fully saturated rings. The van der Waals surface area contributed by atoms with Gasteiger partial charge in [-0.15, -0.1) is 0 Å². The Morgan fingerprint density at radius 1 is 1.24 bits per heavy atom. The molecule has 0 radical (unpaired) electrons. The van der Waals surface area contributed by atoms with Crippen LogP contribution in [0, 0.1) is 0 Å². The molecule has 0 unspecified atom stereocenters. The monoisotopic (exact) mass is 352 g/mol. The van der Waals surface area contributed by atoms with Gasteiger partial charge in [0.2, 0.25) is 0 Å². The normalized spacial score (nSPS) is 16.8. The van der Waals surface area contributed by atoms with Crippen LogP contribution >= 0.6 is 0 Å². The van der Waals surface area contributed by atoms with Gasteiger partial charge in [-0.25, -0.2) is 0 Å². The third kappa shape index (κ3) is 5.07. The molecule has 1 aromatic rings. The lowest BCUT2D eigenvalue weighted by Crippen LogP contribution is -2.42. The molecule has 0 saturated heterocycles. The summed E-state index contributed by atoms with van der Waals surface area (Å²) in [4.78, 5) is 2.31. The maximum Gasteiger partial charge on any atom is 0.305 e. The van der Waals surface area contributed by atoms with Crippen molar-refractivity contribution in [1.29, 1.82) is 0 Å². The fourth-order valence-corrected chi connectivity index (χ4v) is 3.23. The van der Waals surface area contributed by atoms with Gasteiger partial charge in [0.1, 0.15) is 6.61 Å². The molecular formula is C19H32N2O4. The Kier molecular flexibility index (Phi) is 6.68. The van der Waals surface area contributed by atoms with Crippen molar-refractivity contribution in [3.8, 4) is 0 Å². The summed E-state index contributed by atoms with van der Waals surface area (Å²) in [5, 5.41) is 10.2. The van der Waals surface area contributed by atoms with Crippen molar-refractivity contribution < 1.29 is 19.3 Å². The highest BCUT2D eigenvalue weighted by molar-refractivity contribution is 5.63. The Bertz CT molecular complexity index is 556. The summed E-state index contributed by atoms with van der Waals surface area (Å²) in [6.45, 7) is 11.0. The van der Waals surface area contributed by atoms with Gasteiger partial charge in [-0.3, -0.25) is 0 Å². The molecule has 1 aliphatic rings. The van der Waals surface area contributed by atoms with Gasteiger partial charge in [-0.2, -0.15) is 0 Å². The highest BCUT2D eigenvalue weighted by atomic mass is 16.8. The summed E-state index contributed by atoms with van der Waals surface area (Å²) in [6.07, 6.45) is 1.06. The number of hydrogen-bond acceptors (Lipinski definition) is 6. The smallest absolute Gasteiger partial charge is 0.305 e. The van der Waals surface area contributed by atoms with Crippen LogP contribution in [0.2, 0.25) is 0 Å². The molecule has 2 rings (SSSR count). The van der Waals surface area contributed by atoms with E-state index in [2.05, 4.69) is 30.9 Å². The quantitative estimate of drug-likeness (QED) is 0.404. The second-order valence-corrected chi connectivity index (χ2v) is 7.03. The lowest BCUT2D eigenvalue weighted by atomic mass is 9.77. The summed E-state index contributed by atoms with van der Waals surface area (Å²) < 4.78 is 16.1. The number of anilines is 2. The molecule has 25 heavy (non-hydrogen) atoms. The van der Waals surface area contributed by atoms with Gasteiger partial charge in [0.25, 0.3) is 0 Å². The SMILES string of the molecule is CCOC(O)(COCCN1CCC(C)(C)c2cc(N)ccc21)OCC. The lowest BCUT2D eigenvalue weighted by molar-refractivity contribution is -0.373. The van der Waals surface area contributed by atoms with Crippen molar-refractivity contribution in [3.63, 3.8) is 0 Å². The molecule has 3 N–H and O–H groups in total. The Balaban J connectivity index is 1.94. The van der Waals surface area contributed by atoms with E-state index >= 15 is 0 Å². The van der Waals surface area contributed by atoms with E-state index in [0.29, 0.717) is 19.8 Å². The largest absolute Gasteiger partial charge is 0.399 e. The number of rotatable bonds is 9. The summed E-state index contributed by atoms with van der Waals surface area (Å²) in [6, 6.07) is 6.10. The zero-order chi connectivity index (χ0) is 18.5. The van der Waals surface area contributed by atoms with Gasteiger partial charge in [-0.05, 0) is 49.4 Å². The topological polar surface area (TPSA) is 77.2 Å². The van der Waals surface area contributed by atoms with Crippen LogP contribution < -0.4 is 10.6 Å². The van der Waals surface area contributed by atoms with E-state index in [1.165, 1.54) is 11.3 Å². The molecule has 0 aromatic heterocycles. The van der Waals surface area contributed by atoms with Crippen LogP contribution in [-0.4, -0.2) is 50.6 Å². The van der Waals surface area contributed by atoms with Crippen molar-refractivity contribution in [3.05, 3.63) is 23.8 Å². The van der Waals surface area contributed by atoms with Gasteiger partial charge >= 0.3 is 5.97 Å². The summed E-state index contributed by atoms with van der Waals surface area (Å²) in [5.41, 5.74) is 9.37. The first-order valence-electron chi connectivity index (χ1n) is 9.04. The van der Waals surface area contributed by atoms with Crippen molar-refractivity contribution >= 4 is 11.4 Å². The number of nitrogens with zero attached hydrogens (tertiary/aromatic N) is 1. The van der Waals surface area contributed by atoms with E-state index in [9.17, 15) is 5.11 Å². The average molecular weight is 352 g/mol. The standard InChI is InChI=1S/C19H32N2O4/c1-5-24-19(22,25-6-2)14-23-12-11-21-10-9-18(3,4)16-13-15(20)7-8-17(16)21/h7-8,13,22H,5-6,9-12,14,20H2,1-4H3. The molecule has 6 nitrogen and oxygen atoms in total. The van der Waals surface area contributed by atoms with Crippen LogP contribution in [0.1, 0.15) is 39.7 Å². The summed E-state index contributed by atoms with van der Waals surface area (Å²) in [7, 11) is 0. The maximum absolute atomic E-state index is 10.2. The van der Waals surface area contributed by atoms with Crippen molar-refractivity contribution in [2.24, 2.45) is 0 Å². The molecular weight excluding hydrogens is 320 g/mol. The first kappa shape index (κ1) is 20.0. The molecule has 0 amide bonds. The minimum atomic E-state index is -1.67. The Labute approximate surface area is 150 Å². The predicted octanol–water partition coefficient (Wildman–Crippen LogP) is 2.49. The van der Waals surface area contributed by atoms with E-state index in [-0.39, 0.29) is 12.0 Å². The molecule has 1 aliphatic heterocycles. The number of benzene rings is 1. The number of ether oxygens (including phenoxy) is 3. The molecule has 0 spiro atoms. The Morgan fingerprint density at radius 3 is 2.56 bits per heavy atom. The Morgan fingerprint density at radius 2 is 1.92 bits per heavy atom. The second kappa shape index (κ2) is 8.36. The maximum atomic E-state index is 10.2.